The highest BCUT2D eigenvalue weighted by Crippen LogP contribution is 2.19. The van der Waals surface area contributed by atoms with Gasteiger partial charge in [-0.25, -0.2) is 5.10 Å². The van der Waals surface area contributed by atoms with Crippen LogP contribution >= 0.6 is 0 Å². The largest absolute Gasteiger partial charge is 0.398 e. The van der Waals surface area contributed by atoms with Crippen molar-refractivity contribution in [3.8, 4) is 0 Å². The van der Waals surface area contributed by atoms with Crippen molar-refractivity contribution >= 4 is 16.5 Å². The number of aromatic nitrogens is 2. The van der Waals surface area contributed by atoms with Crippen LogP contribution in [0.3, 0.4) is 0 Å². The van der Waals surface area contributed by atoms with E-state index in [0.29, 0.717) is 11.8 Å². The van der Waals surface area contributed by atoms with E-state index in [1.165, 1.54) is 0 Å². The normalized spacial score (nSPS) is 10.7. The van der Waals surface area contributed by atoms with Gasteiger partial charge in [-0.2, -0.15) is 5.10 Å². The summed E-state index contributed by atoms with van der Waals surface area (Å²) in [4.78, 5) is 11.7. The molecule has 0 atom stereocenters. The van der Waals surface area contributed by atoms with E-state index >= 15 is 0 Å². The Balaban J connectivity index is 2.14. The fourth-order valence-corrected chi connectivity index (χ4v) is 2.18. The summed E-state index contributed by atoms with van der Waals surface area (Å²) in [5, 5.41) is 8.21. The van der Waals surface area contributed by atoms with Crippen LogP contribution in [0.5, 0.6) is 0 Å². The Labute approximate surface area is 109 Å². The first-order valence-corrected chi connectivity index (χ1v) is 6.05. The second-order valence-corrected chi connectivity index (χ2v) is 4.42. The molecule has 94 valence electrons. The van der Waals surface area contributed by atoms with E-state index in [2.05, 4.69) is 10.2 Å². The van der Waals surface area contributed by atoms with E-state index < -0.39 is 0 Å². The standard InChI is InChI=1S/C15H13N3O/c16-13-8-4-1-5-10(13)9-14-11-6-2-3-7-12(11)15(19)18-17-14/h1-8H,9,16H2,(H,18,19). The number of nitrogens with one attached hydrogen (secondary N) is 1. The lowest BCUT2D eigenvalue weighted by molar-refractivity contribution is 0.935. The first-order chi connectivity index (χ1) is 9.25. The van der Waals surface area contributed by atoms with Crippen LogP contribution in [0.25, 0.3) is 10.8 Å². The minimum Gasteiger partial charge on any atom is -0.398 e. The molecule has 4 nitrogen and oxygen atoms in total. The lowest BCUT2D eigenvalue weighted by atomic mass is 10.0. The Hall–Kier alpha value is -2.62. The summed E-state index contributed by atoms with van der Waals surface area (Å²) < 4.78 is 0. The maximum absolute atomic E-state index is 11.7. The lowest BCUT2D eigenvalue weighted by Crippen LogP contribution is -2.11. The number of H-pyrrole nitrogens is 1. The Morgan fingerprint density at radius 1 is 1.00 bits per heavy atom. The van der Waals surface area contributed by atoms with Crippen molar-refractivity contribution in [1.29, 1.82) is 0 Å². The van der Waals surface area contributed by atoms with Crippen LogP contribution in [0.15, 0.2) is 53.3 Å². The van der Waals surface area contributed by atoms with Crippen molar-refractivity contribution in [2.24, 2.45) is 0 Å². The van der Waals surface area contributed by atoms with Crippen molar-refractivity contribution in [2.45, 2.75) is 6.42 Å². The maximum Gasteiger partial charge on any atom is 0.272 e. The highest BCUT2D eigenvalue weighted by Gasteiger charge is 2.08. The van der Waals surface area contributed by atoms with E-state index in [4.69, 9.17) is 5.73 Å². The van der Waals surface area contributed by atoms with Crippen molar-refractivity contribution in [1.82, 2.24) is 10.2 Å². The monoisotopic (exact) mass is 251 g/mol. The van der Waals surface area contributed by atoms with Crippen LogP contribution in [-0.2, 0) is 6.42 Å². The number of aromatic amines is 1. The molecule has 0 radical (unpaired) electrons. The number of nitrogens with two attached hydrogens (primary N) is 1. The summed E-state index contributed by atoms with van der Waals surface area (Å²) in [5.41, 5.74) is 8.35. The van der Waals surface area contributed by atoms with E-state index in [1.807, 2.05) is 42.5 Å². The highest BCUT2D eigenvalue weighted by atomic mass is 16.1. The fourth-order valence-electron chi connectivity index (χ4n) is 2.18. The molecule has 4 heteroatoms. The summed E-state index contributed by atoms with van der Waals surface area (Å²) in [5.74, 6) is 0. The van der Waals surface area contributed by atoms with Crippen molar-refractivity contribution < 1.29 is 0 Å². The maximum atomic E-state index is 11.7. The van der Waals surface area contributed by atoms with Crippen molar-refractivity contribution in [3.05, 3.63) is 70.1 Å². The molecule has 0 amide bonds. The van der Waals surface area contributed by atoms with Crippen LogP contribution < -0.4 is 11.3 Å². The third-order valence-electron chi connectivity index (χ3n) is 3.19. The molecule has 0 saturated carbocycles. The second-order valence-electron chi connectivity index (χ2n) is 4.42. The van der Waals surface area contributed by atoms with Crippen LogP contribution in [-0.4, -0.2) is 10.2 Å². The van der Waals surface area contributed by atoms with Gasteiger partial charge in [0.05, 0.1) is 11.1 Å². The zero-order valence-electron chi connectivity index (χ0n) is 10.3. The molecule has 0 unspecified atom stereocenters. The van der Waals surface area contributed by atoms with Gasteiger partial charge in [-0.1, -0.05) is 36.4 Å². The average Bonchev–Trinajstić information content (AvgIpc) is 2.44. The minimum absolute atomic E-state index is 0.166. The summed E-state index contributed by atoms with van der Waals surface area (Å²) in [6.07, 6.45) is 0.601. The number of para-hydroxylation sites is 1. The number of nitrogens with zero attached hydrogens (tertiary/aromatic N) is 1. The average molecular weight is 251 g/mol. The lowest BCUT2D eigenvalue weighted by Gasteiger charge is -2.07. The molecular formula is C15H13N3O. The molecule has 2 aromatic carbocycles. The van der Waals surface area contributed by atoms with Gasteiger partial charge in [0.15, 0.2) is 0 Å². The van der Waals surface area contributed by atoms with Crippen LogP contribution in [0, 0.1) is 0 Å². The van der Waals surface area contributed by atoms with Gasteiger partial charge in [-0.15, -0.1) is 0 Å². The Bertz CT molecular complexity index is 792. The zero-order chi connectivity index (χ0) is 13.2. The van der Waals surface area contributed by atoms with Gasteiger partial charge in [-0.05, 0) is 17.7 Å². The molecular weight excluding hydrogens is 238 g/mol. The van der Waals surface area contributed by atoms with Crippen LogP contribution in [0.4, 0.5) is 5.69 Å². The predicted octanol–water partition coefficient (Wildman–Crippen LogP) is 2.10. The number of nitrogen functional groups attached to an aromatic ring is 1. The summed E-state index contributed by atoms with van der Waals surface area (Å²) in [6.45, 7) is 0. The van der Waals surface area contributed by atoms with Crippen molar-refractivity contribution in [3.63, 3.8) is 0 Å². The number of hydrogen-bond donors (Lipinski definition) is 2. The molecule has 19 heavy (non-hydrogen) atoms. The van der Waals surface area contributed by atoms with Gasteiger partial charge >= 0.3 is 0 Å². The Kier molecular flexibility index (Phi) is 2.76. The molecule has 3 aromatic rings. The molecule has 3 rings (SSSR count). The highest BCUT2D eigenvalue weighted by molar-refractivity contribution is 5.83. The number of hydrogen-bond acceptors (Lipinski definition) is 3. The molecule has 0 aliphatic heterocycles. The molecule has 0 fully saturated rings. The smallest absolute Gasteiger partial charge is 0.272 e. The van der Waals surface area contributed by atoms with Gasteiger partial charge < -0.3 is 5.73 Å². The van der Waals surface area contributed by atoms with E-state index in [0.717, 1.165) is 22.3 Å². The summed E-state index contributed by atoms with van der Waals surface area (Å²) in [6, 6.07) is 15.1. The topological polar surface area (TPSA) is 71.8 Å². The Morgan fingerprint density at radius 2 is 1.68 bits per heavy atom. The number of anilines is 1. The zero-order valence-corrected chi connectivity index (χ0v) is 10.3. The third kappa shape index (κ3) is 2.08. The molecule has 1 heterocycles. The number of benzene rings is 2. The molecule has 0 saturated heterocycles. The van der Waals surface area contributed by atoms with Gasteiger partial charge in [0, 0.05) is 17.5 Å². The van der Waals surface area contributed by atoms with Gasteiger partial charge in [-0.3, -0.25) is 4.79 Å². The quantitative estimate of drug-likeness (QED) is 0.685. The van der Waals surface area contributed by atoms with E-state index in [9.17, 15) is 4.79 Å². The first kappa shape index (κ1) is 11.5. The first-order valence-electron chi connectivity index (χ1n) is 6.05. The molecule has 0 bridgehead atoms. The molecule has 0 aliphatic carbocycles. The Morgan fingerprint density at radius 3 is 2.47 bits per heavy atom. The molecule has 0 aliphatic rings. The van der Waals surface area contributed by atoms with Gasteiger partial charge in [0.1, 0.15) is 0 Å². The molecule has 3 N–H and O–H groups in total. The van der Waals surface area contributed by atoms with Gasteiger partial charge in [0.25, 0.3) is 5.56 Å². The summed E-state index contributed by atoms with van der Waals surface area (Å²) >= 11 is 0. The van der Waals surface area contributed by atoms with Gasteiger partial charge in [0.2, 0.25) is 0 Å². The van der Waals surface area contributed by atoms with Crippen molar-refractivity contribution in [2.75, 3.05) is 5.73 Å². The third-order valence-corrected chi connectivity index (χ3v) is 3.19. The predicted molar refractivity (Wildman–Crippen MR) is 76.0 cm³/mol. The molecule has 0 spiro atoms. The number of rotatable bonds is 2. The SMILES string of the molecule is Nc1ccccc1Cc1n[nH]c(=O)c2ccccc12. The minimum atomic E-state index is -0.166. The van der Waals surface area contributed by atoms with Crippen LogP contribution in [0.1, 0.15) is 11.3 Å². The number of fused-ring (bicyclic) bond motifs is 1. The molecule has 1 aromatic heterocycles. The van der Waals surface area contributed by atoms with E-state index in [-0.39, 0.29) is 5.56 Å². The summed E-state index contributed by atoms with van der Waals surface area (Å²) in [7, 11) is 0. The van der Waals surface area contributed by atoms with Crippen LogP contribution in [0.2, 0.25) is 0 Å². The fraction of sp³-hybridized carbons (Fsp3) is 0.0667. The second kappa shape index (κ2) is 4.57. The van der Waals surface area contributed by atoms with E-state index in [1.54, 1.807) is 6.07 Å².